The number of hydrogen-bond donors (Lipinski definition) is 0. The number of aryl methyl sites for hydroxylation is 1. The van der Waals surface area contributed by atoms with E-state index in [1.807, 2.05) is 0 Å². The van der Waals surface area contributed by atoms with Crippen LogP contribution in [0.4, 0.5) is 8.78 Å². The third-order valence-corrected chi connectivity index (χ3v) is 2.18. The van der Waals surface area contributed by atoms with Gasteiger partial charge >= 0.3 is 0 Å². The third-order valence-electron chi connectivity index (χ3n) is 2.18. The fourth-order valence-corrected chi connectivity index (χ4v) is 1.39. The van der Waals surface area contributed by atoms with Crippen molar-refractivity contribution in [3.05, 3.63) is 47.3 Å². The van der Waals surface area contributed by atoms with Crippen molar-refractivity contribution in [3.8, 4) is 5.69 Å². The van der Waals surface area contributed by atoms with Crippen molar-refractivity contribution in [2.75, 3.05) is 0 Å². The topological polar surface area (TPSA) is 34.9 Å². The molecular formula is C11H8F2N2O. The predicted molar refractivity (Wildman–Crippen MR) is 53.6 cm³/mol. The zero-order valence-electron chi connectivity index (χ0n) is 8.45. The summed E-state index contributed by atoms with van der Waals surface area (Å²) >= 11 is 0. The molecule has 0 atom stereocenters. The lowest BCUT2D eigenvalue weighted by atomic mass is 10.3. The smallest absolute Gasteiger partial charge is 0.153 e. The summed E-state index contributed by atoms with van der Waals surface area (Å²) in [7, 11) is 0. The molecular weight excluding hydrogens is 214 g/mol. The Hall–Kier alpha value is -2.04. The van der Waals surface area contributed by atoms with E-state index in [0.717, 1.165) is 18.2 Å². The van der Waals surface area contributed by atoms with Gasteiger partial charge in [-0.3, -0.25) is 4.79 Å². The molecule has 0 aliphatic carbocycles. The Balaban J connectivity index is 2.53. The number of benzene rings is 1. The number of carbonyl (C=O) groups is 1. The molecule has 0 aliphatic rings. The Bertz CT molecular complexity index is 529. The summed E-state index contributed by atoms with van der Waals surface area (Å²) in [6.07, 6.45) is 2.07. The van der Waals surface area contributed by atoms with Crippen molar-refractivity contribution in [2.24, 2.45) is 0 Å². The highest BCUT2D eigenvalue weighted by Crippen LogP contribution is 2.14. The molecule has 5 heteroatoms. The molecule has 0 amide bonds. The summed E-state index contributed by atoms with van der Waals surface area (Å²) < 4.78 is 27.2. The van der Waals surface area contributed by atoms with Crippen LogP contribution < -0.4 is 0 Å². The first-order chi connectivity index (χ1) is 7.60. The van der Waals surface area contributed by atoms with E-state index in [0.29, 0.717) is 17.5 Å². The van der Waals surface area contributed by atoms with Gasteiger partial charge in [0.15, 0.2) is 6.29 Å². The first kappa shape index (κ1) is 10.5. The minimum absolute atomic E-state index is 0.244. The number of halogens is 2. The summed E-state index contributed by atoms with van der Waals surface area (Å²) in [5.74, 6) is -1.37. The van der Waals surface area contributed by atoms with E-state index < -0.39 is 11.6 Å². The van der Waals surface area contributed by atoms with Gasteiger partial charge in [0.1, 0.15) is 11.6 Å². The number of aldehydes is 1. The van der Waals surface area contributed by atoms with Crippen LogP contribution in [0.15, 0.2) is 24.4 Å². The second-order valence-corrected chi connectivity index (χ2v) is 3.36. The van der Waals surface area contributed by atoms with E-state index in [-0.39, 0.29) is 5.69 Å². The molecule has 2 rings (SSSR count). The van der Waals surface area contributed by atoms with Gasteiger partial charge in [0.25, 0.3) is 0 Å². The van der Waals surface area contributed by atoms with Crippen molar-refractivity contribution in [1.29, 1.82) is 0 Å². The summed E-state index contributed by atoms with van der Waals surface area (Å²) in [5.41, 5.74) is 1.15. The highest BCUT2D eigenvalue weighted by atomic mass is 19.1. The Labute approximate surface area is 90.3 Å². The lowest BCUT2D eigenvalue weighted by Gasteiger charge is -2.01. The maximum Gasteiger partial charge on any atom is 0.153 e. The Morgan fingerprint density at radius 3 is 2.38 bits per heavy atom. The van der Waals surface area contributed by atoms with E-state index in [2.05, 4.69) is 5.10 Å². The lowest BCUT2D eigenvalue weighted by molar-refractivity contribution is 0.112. The quantitative estimate of drug-likeness (QED) is 0.730. The van der Waals surface area contributed by atoms with Crippen LogP contribution in [-0.2, 0) is 0 Å². The van der Waals surface area contributed by atoms with Crippen LogP contribution in [0.1, 0.15) is 16.1 Å². The summed E-state index contributed by atoms with van der Waals surface area (Å²) in [6, 6.07) is 3.06. The molecule has 0 saturated heterocycles. The summed E-state index contributed by atoms with van der Waals surface area (Å²) in [6.45, 7) is 1.65. The molecule has 1 aromatic heterocycles. The van der Waals surface area contributed by atoms with Crippen LogP contribution in [0.25, 0.3) is 5.69 Å². The molecule has 0 spiro atoms. The van der Waals surface area contributed by atoms with Gasteiger partial charge < -0.3 is 0 Å². The largest absolute Gasteiger partial charge is 0.298 e. The molecule has 16 heavy (non-hydrogen) atoms. The maximum absolute atomic E-state index is 13.0. The summed E-state index contributed by atoms with van der Waals surface area (Å²) in [4.78, 5) is 10.6. The Morgan fingerprint density at radius 2 is 1.88 bits per heavy atom. The highest BCUT2D eigenvalue weighted by molar-refractivity contribution is 5.76. The maximum atomic E-state index is 13.0. The van der Waals surface area contributed by atoms with Crippen LogP contribution in [0.5, 0.6) is 0 Å². The lowest BCUT2D eigenvalue weighted by Crippen LogP contribution is -1.96. The monoisotopic (exact) mass is 222 g/mol. The number of nitrogens with zero attached hydrogens (tertiary/aromatic N) is 2. The van der Waals surface area contributed by atoms with Crippen molar-refractivity contribution >= 4 is 6.29 Å². The molecule has 0 saturated carbocycles. The minimum atomic E-state index is -0.684. The van der Waals surface area contributed by atoms with E-state index in [4.69, 9.17) is 0 Å². The van der Waals surface area contributed by atoms with Crippen molar-refractivity contribution < 1.29 is 13.6 Å². The van der Waals surface area contributed by atoms with Gasteiger partial charge in [-0.05, 0) is 19.1 Å². The van der Waals surface area contributed by atoms with E-state index in [1.165, 1.54) is 10.9 Å². The molecule has 0 unspecified atom stereocenters. The van der Waals surface area contributed by atoms with Gasteiger partial charge in [-0.15, -0.1) is 0 Å². The summed E-state index contributed by atoms with van der Waals surface area (Å²) in [5, 5.41) is 3.99. The second-order valence-electron chi connectivity index (χ2n) is 3.36. The SMILES string of the molecule is Cc1nn(-c2cc(F)cc(F)c2)cc1C=O. The molecule has 0 aliphatic heterocycles. The van der Waals surface area contributed by atoms with Gasteiger partial charge in [0.05, 0.1) is 16.9 Å². The number of rotatable bonds is 2. The van der Waals surface area contributed by atoms with Crippen LogP contribution >= 0.6 is 0 Å². The first-order valence-electron chi connectivity index (χ1n) is 4.58. The van der Waals surface area contributed by atoms with Crippen molar-refractivity contribution in [1.82, 2.24) is 9.78 Å². The van der Waals surface area contributed by atoms with E-state index >= 15 is 0 Å². The first-order valence-corrected chi connectivity index (χ1v) is 4.58. The van der Waals surface area contributed by atoms with Gasteiger partial charge in [-0.1, -0.05) is 0 Å². The molecule has 0 radical (unpaired) electrons. The number of aromatic nitrogens is 2. The second kappa shape index (κ2) is 3.84. The standard InChI is InChI=1S/C11H8F2N2O/c1-7-8(6-16)5-15(14-7)11-3-9(12)2-10(13)4-11/h2-6H,1H3. The zero-order chi connectivity index (χ0) is 11.7. The molecule has 0 bridgehead atoms. The average Bonchev–Trinajstić information content (AvgIpc) is 2.58. The molecule has 1 aromatic carbocycles. The predicted octanol–water partition coefficient (Wildman–Crippen LogP) is 2.27. The molecule has 82 valence electrons. The van der Waals surface area contributed by atoms with Gasteiger partial charge in [0.2, 0.25) is 0 Å². The van der Waals surface area contributed by atoms with Crippen LogP contribution in [0, 0.1) is 18.6 Å². The van der Waals surface area contributed by atoms with E-state index in [1.54, 1.807) is 6.92 Å². The van der Waals surface area contributed by atoms with Gasteiger partial charge in [-0.2, -0.15) is 5.10 Å². The highest BCUT2D eigenvalue weighted by Gasteiger charge is 2.07. The Kier molecular flexibility index (Phi) is 2.52. The average molecular weight is 222 g/mol. The fraction of sp³-hybridized carbons (Fsp3) is 0.0909. The Morgan fingerprint density at radius 1 is 1.25 bits per heavy atom. The molecule has 0 fully saturated rings. The number of hydrogen-bond acceptors (Lipinski definition) is 2. The van der Waals surface area contributed by atoms with E-state index in [9.17, 15) is 13.6 Å². The molecule has 3 nitrogen and oxygen atoms in total. The number of carbonyl (C=O) groups excluding carboxylic acids is 1. The fourth-order valence-electron chi connectivity index (χ4n) is 1.39. The van der Waals surface area contributed by atoms with Crippen molar-refractivity contribution in [3.63, 3.8) is 0 Å². The zero-order valence-corrected chi connectivity index (χ0v) is 8.45. The van der Waals surface area contributed by atoms with Gasteiger partial charge in [-0.25, -0.2) is 13.5 Å². The normalized spacial score (nSPS) is 10.4. The van der Waals surface area contributed by atoms with Crippen molar-refractivity contribution in [2.45, 2.75) is 6.92 Å². The van der Waals surface area contributed by atoms with Crippen LogP contribution in [0.3, 0.4) is 0 Å². The van der Waals surface area contributed by atoms with Crippen LogP contribution in [-0.4, -0.2) is 16.1 Å². The third kappa shape index (κ3) is 1.84. The molecule has 1 heterocycles. The molecule has 0 N–H and O–H groups in total. The van der Waals surface area contributed by atoms with Gasteiger partial charge in [0, 0.05) is 12.3 Å². The minimum Gasteiger partial charge on any atom is -0.298 e. The molecule has 2 aromatic rings. The van der Waals surface area contributed by atoms with Crippen LogP contribution in [0.2, 0.25) is 0 Å².